The molecule has 2 aromatic heterocycles. The van der Waals surface area contributed by atoms with Crippen LogP contribution in [0.25, 0.3) is 0 Å². The predicted octanol–water partition coefficient (Wildman–Crippen LogP) is 3.56. The number of aromatic nitrogens is 2. The van der Waals surface area contributed by atoms with E-state index in [0.29, 0.717) is 10.8 Å². The Labute approximate surface area is 115 Å². The Balaban J connectivity index is 2.23. The van der Waals surface area contributed by atoms with Crippen molar-refractivity contribution in [2.45, 2.75) is 26.8 Å². The van der Waals surface area contributed by atoms with Gasteiger partial charge in [0.05, 0.1) is 12.2 Å². The van der Waals surface area contributed by atoms with Crippen molar-refractivity contribution in [1.82, 2.24) is 9.97 Å². The fraction of sp³-hybridized carbons (Fsp3) is 0.333. The zero-order valence-electron chi connectivity index (χ0n) is 10.5. The number of hydrogen-bond acceptors (Lipinski definition) is 5. The minimum atomic E-state index is 0.127. The summed E-state index contributed by atoms with van der Waals surface area (Å²) >= 11 is 7.82. The van der Waals surface area contributed by atoms with Crippen LogP contribution in [-0.4, -0.2) is 9.97 Å². The second-order valence-electron chi connectivity index (χ2n) is 4.16. The summed E-state index contributed by atoms with van der Waals surface area (Å²) in [6.07, 6.45) is 1.50. The summed E-state index contributed by atoms with van der Waals surface area (Å²) in [7, 11) is 0. The standard InChI is InChI=1S/C12H15ClN4S/c1-6-4-9(8(3)18-6)7(2)16-11-10(13)5-15-12(14)17-11/h4-5,7H,1-3H3,(H3,14,15,16,17). The molecule has 0 aliphatic carbocycles. The molecule has 2 aromatic rings. The van der Waals surface area contributed by atoms with E-state index in [2.05, 4.69) is 42.1 Å². The van der Waals surface area contributed by atoms with Crippen molar-refractivity contribution in [3.63, 3.8) is 0 Å². The van der Waals surface area contributed by atoms with Gasteiger partial charge in [-0.1, -0.05) is 11.6 Å². The molecule has 0 spiro atoms. The average molecular weight is 283 g/mol. The lowest BCUT2D eigenvalue weighted by molar-refractivity contribution is 0.870. The molecule has 0 bridgehead atoms. The number of nitrogen functional groups attached to an aromatic ring is 1. The second kappa shape index (κ2) is 5.12. The molecule has 0 saturated heterocycles. The molecule has 2 rings (SSSR count). The van der Waals surface area contributed by atoms with Gasteiger partial charge in [0.2, 0.25) is 5.95 Å². The number of nitrogens with two attached hydrogens (primary N) is 1. The Hall–Kier alpha value is -1.33. The van der Waals surface area contributed by atoms with E-state index in [1.165, 1.54) is 21.5 Å². The first-order chi connectivity index (χ1) is 8.47. The first kappa shape index (κ1) is 13.1. The number of aryl methyl sites for hydroxylation is 2. The molecule has 0 aliphatic heterocycles. The van der Waals surface area contributed by atoms with E-state index in [0.717, 1.165) is 0 Å². The molecule has 0 amide bonds. The van der Waals surface area contributed by atoms with Crippen molar-refractivity contribution >= 4 is 34.7 Å². The van der Waals surface area contributed by atoms with Crippen LogP contribution in [0.2, 0.25) is 5.02 Å². The molecule has 1 unspecified atom stereocenters. The molecule has 96 valence electrons. The lowest BCUT2D eigenvalue weighted by Gasteiger charge is -2.15. The van der Waals surface area contributed by atoms with Crippen molar-refractivity contribution < 1.29 is 0 Å². The van der Waals surface area contributed by atoms with Crippen molar-refractivity contribution in [2.75, 3.05) is 11.1 Å². The van der Waals surface area contributed by atoms with Crippen molar-refractivity contribution in [1.29, 1.82) is 0 Å². The fourth-order valence-corrected chi connectivity index (χ4v) is 3.01. The van der Waals surface area contributed by atoms with E-state index in [1.54, 1.807) is 11.3 Å². The third kappa shape index (κ3) is 2.73. The molecule has 0 aromatic carbocycles. The van der Waals surface area contributed by atoms with Gasteiger partial charge in [0.25, 0.3) is 0 Å². The normalized spacial score (nSPS) is 12.4. The van der Waals surface area contributed by atoms with Gasteiger partial charge >= 0.3 is 0 Å². The molecule has 4 nitrogen and oxygen atoms in total. The van der Waals surface area contributed by atoms with Crippen LogP contribution in [0.1, 0.15) is 28.3 Å². The summed E-state index contributed by atoms with van der Waals surface area (Å²) in [6, 6.07) is 2.30. The van der Waals surface area contributed by atoms with E-state index < -0.39 is 0 Å². The topological polar surface area (TPSA) is 63.8 Å². The Bertz CT molecular complexity index is 567. The summed E-state index contributed by atoms with van der Waals surface area (Å²) < 4.78 is 0. The Kier molecular flexibility index (Phi) is 3.73. The smallest absolute Gasteiger partial charge is 0.222 e. The minimum Gasteiger partial charge on any atom is -0.368 e. The number of nitrogens with zero attached hydrogens (tertiary/aromatic N) is 2. The summed E-state index contributed by atoms with van der Waals surface area (Å²) in [6.45, 7) is 6.29. The van der Waals surface area contributed by atoms with Gasteiger partial charge in [0.1, 0.15) is 5.02 Å². The van der Waals surface area contributed by atoms with Gasteiger partial charge in [0.15, 0.2) is 5.82 Å². The maximum Gasteiger partial charge on any atom is 0.222 e. The van der Waals surface area contributed by atoms with Crippen LogP contribution in [0.3, 0.4) is 0 Å². The van der Waals surface area contributed by atoms with Crippen LogP contribution in [0, 0.1) is 13.8 Å². The van der Waals surface area contributed by atoms with E-state index in [9.17, 15) is 0 Å². The van der Waals surface area contributed by atoms with E-state index in [4.69, 9.17) is 17.3 Å². The van der Waals surface area contributed by atoms with Gasteiger partial charge < -0.3 is 11.1 Å². The number of nitrogens with one attached hydrogen (secondary N) is 1. The highest BCUT2D eigenvalue weighted by Gasteiger charge is 2.13. The van der Waals surface area contributed by atoms with Gasteiger partial charge in [-0.2, -0.15) is 4.98 Å². The summed E-state index contributed by atoms with van der Waals surface area (Å²) in [5, 5.41) is 3.74. The molecule has 1 atom stereocenters. The molecule has 3 N–H and O–H groups in total. The number of anilines is 2. The summed E-state index contributed by atoms with van der Waals surface area (Å²) in [5.74, 6) is 0.784. The molecule has 18 heavy (non-hydrogen) atoms. The predicted molar refractivity (Wildman–Crippen MR) is 77.3 cm³/mol. The monoisotopic (exact) mass is 282 g/mol. The number of thiophene rings is 1. The van der Waals surface area contributed by atoms with Gasteiger partial charge in [-0.05, 0) is 32.4 Å². The van der Waals surface area contributed by atoms with Crippen LogP contribution in [0.5, 0.6) is 0 Å². The van der Waals surface area contributed by atoms with Crippen molar-refractivity contribution in [3.05, 3.63) is 32.6 Å². The first-order valence-electron chi connectivity index (χ1n) is 5.59. The third-order valence-corrected chi connectivity index (χ3v) is 3.92. The number of halogens is 1. The Morgan fingerprint density at radius 3 is 2.78 bits per heavy atom. The lowest BCUT2D eigenvalue weighted by atomic mass is 10.1. The van der Waals surface area contributed by atoms with Gasteiger partial charge in [-0.3, -0.25) is 0 Å². The van der Waals surface area contributed by atoms with Crippen LogP contribution >= 0.6 is 22.9 Å². The van der Waals surface area contributed by atoms with Gasteiger partial charge in [0, 0.05) is 9.75 Å². The van der Waals surface area contributed by atoms with Gasteiger partial charge in [-0.15, -0.1) is 11.3 Å². The first-order valence-corrected chi connectivity index (χ1v) is 6.78. The van der Waals surface area contributed by atoms with Crippen molar-refractivity contribution in [2.24, 2.45) is 0 Å². The highest BCUT2D eigenvalue weighted by molar-refractivity contribution is 7.12. The van der Waals surface area contributed by atoms with Crippen LogP contribution in [0.15, 0.2) is 12.3 Å². The second-order valence-corrected chi connectivity index (χ2v) is 6.03. The minimum absolute atomic E-state index is 0.127. The Morgan fingerprint density at radius 1 is 1.44 bits per heavy atom. The molecular formula is C12H15ClN4S. The zero-order valence-corrected chi connectivity index (χ0v) is 12.1. The molecule has 0 fully saturated rings. The molecule has 0 aliphatic rings. The molecule has 2 heterocycles. The quantitative estimate of drug-likeness (QED) is 0.903. The van der Waals surface area contributed by atoms with E-state index in [-0.39, 0.29) is 12.0 Å². The molecule has 0 saturated carbocycles. The van der Waals surface area contributed by atoms with Crippen LogP contribution < -0.4 is 11.1 Å². The van der Waals surface area contributed by atoms with Crippen molar-refractivity contribution in [3.8, 4) is 0 Å². The van der Waals surface area contributed by atoms with Crippen LogP contribution in [0.4, 0.5) is 11.8 Å². The highest BCUT2D eigenvalue weighted by Crippen LogP contribution is 2.30. The third-order valence-electron chi connectivity index (χ3n) is 2.66. The van der Waals surface area contributed by atoms with Gasteiger partial charge in [-0.25, -0.2) is 4.98 Å². The lowest BCUT2D eigenvalue weighted by Crippen LogP contribution is -2.10. The summed E-state index contributed by atoms with van der Waals surface area (Å²) in [4.78, 5) is 10.5. The maximum absolute atomic E-state index is 6.03. The fourth-order valence-electron chi connectivity index (χ4n) is 1.85. The van der Waals surface area contributed by atoms with E-state index >= 15 is 0 Å². The molecule has 6 heteroatoms. The summed E-state index contributed by atoms with van der Waals surface area (Å²) in [5.41, 5.74) is 6.81. The maximum atomic E-state index is 6.03. The van der Waals surface area contributed by atoms with Crippen LogP contribution in [-0.2, 0) is 0 Å². The number of hydrogen-bond donors (Lipinski definition) is 2. The highest BCUT2D eigenvalue weighted by atomic mass is 35.5. The Morgan fingerprint density at radius 2 is 2.17 bits per heavy atom. The zero-order chi connectivity index (χ0) is 13.3. The van der Waals surface area contributed by atoms with E-state index in [1.807, 2.05) is 0 Å². The SMILES string of the molecule is Cc1cc(C(C)Nc2nc(N)ncc2Cl)c(C)s1. The molecular weight excluding hydrogens is 268 g/mol. The molecule has 0 radical (unpaired) electrons. The largest absolute Gasteiger partial charge is 0.368 e. The average Bonchev–Trinajstić information content (AvgIpc) is 2.63. The number of rotatable bonds is 3.